The second kappa shape index (κ2) is 7.98. The van der Waals surface area contributed by atoms with Gasteiger partial charge in [0.1, 0.15) is 5.75 Å². The molecule has 1 rings (SSSR count). The van der Waals surface area contributed by atoms with Crippen molar-refractivity contribution in [1.82, 2.24) is 0 Å². The molecule has 0 heterocycles. The lowest BCUT2D eigenvalue weighted by Gasteiger charge is -2.28. The molecule has 0 bridgehead atoms. The number of hydrogen-bond donors (Lipinski definition) is 0. The monoisotopic (exact) mass is 311 g/mol. The van der Waals surface area contributed by atoms with Crippen LogP contribution in [-0.4, -0.2) is 48.3 Å². The fourth-order valence-corrected chi connectivity index (χ4v) is 1.89. The number of aryl methyl sites for hydroxylation is 1. The zero-order valence-corrected chi connectivity index (χ0v) is 16.0. The Kier molecular flexibility index (Phi) is 7.67. The molecule has 0 unspecified atom stereocenters. The van der Waals surface area contributed by atoms with Crippen molar-refractivity contribution in [3.63, 3.8) is 0 Å². The summed E-state index contributed by atoms with van der Waals surface area (Å²) in [4.78, 5) is 0. The molecule has 0 saturated carbocycles. The molecule has 0 N–H and O–H groups in total. The second-order valence-corrected chi connectivity index (χ2v) is 12.0. The third-order valence-corrected chi connectivity index (χ3v) is 3.13. The van der Waals surface area contributed by atoms with E-state index in [-0.39, 0.29) is 0 Å². The smallest absolute Gasteiger partial charge is 0.407 e. The standard InChI is InChI=1S/C11H18BO3Si.C4H12N/c1-9-7-6-8-11(10(9)2)14-12(13)15-16(3,4)5;1-5(2,3)4/h6-8H,1-5H3;1-4H3/q-1;+1. The van der Waals surface area contributed by atoms with Crippen LogP contribution in [-0.2, 0) is 4.34 Å². The lowest BCUT2D eigenvalue weighted by Crippen LogP contribution is -2.48. The lowest BCUT2D eigenvalue weighted by atomic mass is 10.1. The molecule has 0 spiro atoms. The van der Waals surface area contributed by atoms with Crippen molar-refractivity contribution < 1.29 is 18.5 Å². The second-order valence-electron chi connectivity index (χ2n) is 7.52. The third-order valence-electron chi connectivity index (χ3n) is 2.23. The molecule has 1 aromatic rings. The van der Waals surface area contributed by atoms with Crippen LogP contribution in [0.3, 0.4) is 0 Å². The van der Waals surface area contributed by atoms with Gasteiger partial charge in [-0.25, -0.2) is 0 Å². The summed E-state index contributed by atoms with van der Waals surface area (Å²) in [6.45, 7) is 9.81. The van der Waals surface area contributed by atoms with Crippen molar-refractivity contribution in [2.24, 2.45) is 0 Å². The maximum absolute atomic E-state index is 11.6. The largest absolute Gasteiger partial charge is 0.821 e. The normalized spacial score (nSPS) is 11.5. The first kappa shape index (κ1) is 20.2. The fourth-order valence-electron chi connectivity index (χ4n) is 1.27. The first-order chi connectivity index (χ1) is 9.29. The van der Waals surface area contributed by atoms with Crippen LogP contribution in [0.15, 0.2) is 18.2 Å². The molecule has 120 valence electrons. The lowest BCUT2D eigenvalue weighted by molar-refractivity contribution is -0.849. The van der Waals surface area contributed by atoms with Gasteiger partial charge in [-0.3, -0.25) is 0 Å². The van der Waals surface area contributed by atoms with Crippen molar-refractivity contribution in [1.29, 1.82) is 0 Å². The Morgan fingerprint density at radius 1 is 1.05 bits per heavy atom. The first-order valence-corrected chi connectivity index (χ1v) is 10.6. The van der Waals surface area contributed by atoms with Gasteiger partial charge in [-0.15, -0.1) is 0 Å². The number of hydrogen-bond acceptors (Lipinski definition) is 3. The van der Waals surface area contributed by atoms with Crippen molar-refractivity contribution in [3.8, 4) is 5.75 Å². The van der Waals surface area contributed by atoms with E-state index in [1.54, 1.807) is 6.07 Å². The average Bonchev–Trinajstić information content (AvgIpc) is 2.19. The molecule has 0 fully saturated rings. The molecule has 0 atom stereocenters. The minimum atomic E-state index is -1.84. The highest BCUT2D eigenvalue weighted by atomic mass is 28.4. The number of nitrogens with zero attached hydrogens (tertiary/aromatic N) is 1. The highest BCUT2D eigenvalue weighted by molar-refractivity contribution is 6.74. The Labute approximate surface area is 131 Å². The Bertz CT molecular complexity index is 436. The molecular formula is C15H30BNO3Si. The summed E-state index contributed by atoms with van der Waals surface area (Å²) >= 11 is 0. The molecule has 0 saturated heterocycles. The van der Waals surface area contributed by atoms with Gasteiger partial charge in [0.15, 0.2) is 8.32 Å². The van der Waals surface area contributed by atoms with Crippen LogP contribution >= 0.6 is 0 Å². The van der Waals surface area contributed by atoms with Gasteiger partial charge < -0.3 is 18.5 Å². The molecule has 6 heteroatoms. The van der Waals surface area contributed by atoms with Crippen molar-refractivity contribution in [2.45, 2.75) is 33.5 Å². The third kappa shape index (κ3) is 11.5. The van der Waals surface area contributed by atoms with Gasteiger partial charge in [-0.2, -0.15) is 0 Å². The van der Waals surface area contributed by atoms with Gasteiger partial charge >= 0.3 is 7.32 Å². The van der Waals surface area contributed by atoms with Crippen molar-refractivity contribution >= 4 is 15.6 Å². The van der Waals surface area contributed by atoms with E-state index in [4.69, 9.17) is 9.00 Å². The maximum atomic E-state index is 11.6. The molecule has 4 nitrogen and oxygen atoms in total. The van der Waals surface area contributed by atoms with Crippen molar-refractivity contribution in [2.75, 3.05) is 28.2 Å². The van der Waals surface area contributed by atoms with Crippen LogP contribution in [0.4, 0.5) is 0 Å². The quantitative estimate of drug-likeness (QED) is 0.632. The fraction of sp³-hybridized carbons (Fsp3) is 0.600. The molecule has 0 radical (unpaired) electrons. The highest BCUT2D eigenvalue weighted by Crippen LogP contribution is 2.21. The van der Waals surface area contributed by atoms with E-state index < -0.39 is 15.6 Å². The van der Waals surface area contributed by atoms with E-state index in [2.05, 4.69) is 28.2 Å². The van der Waals surface area contributed by atoms with Crippen LogP contribution < -0.4 is 9.68 Å². The van der Waals surface area contributed by atoms with E-state index in [9.17, 15) is 5.02 Å². The molecule has 0 amide bonds. The van der Waals surface area contributed by atoms with Gasteiger partial charge in [0, 0.05) is 0 Å². The van der Waals surface area contributed by atoms with E-state index in [1.807, 2.05) is 45.6 Å². The maximum Gasteiger partial charge on any atom is 0.407 e. The first-order valence-electron chi connectivity index (χ1n) is 7.15. The summed E-state index contributed by atoms with van der Waals surface area (Å²) < 4.78 is 11.6. The summed E-state index contributed by atoms with van der Waals surface area (Å²) in [6, 6.07) is 5.65. The van der Waals surface area contributed by atoms with E-state index in [0.717, 1.165) is 15.6 Å². The zero-order valence-electron chi connectivity index (χ0n) is 15.0. The number of rotatable bonds is 4. The molecular weight excluding hydrogens is 281 g/mol. The molecule has 0 aliphatic heterocycles. The summed E-state index contributed by atoms with van der Waals surface area (Å²) in [6.07, 6.45) is 0. The summed E-state index contributed by atoms with van der Waals surface area (Å²) in [5, 5.41) is 11.6. The Morgan fingerprint density at radius 2 is 1.52 bits per heavy atom. The minimum absolute atomic E-state index is 0.609. The summed E-state index contributed by atoms with van der Waals surface area (Å²) in [5.74, 6) is 0.609. The van der Waals surface area contributed by atoms with Gasteiger partial charge in [-0.1, -0.05) is 12.1 Å². The van der Waals surface area contributed by atoms with E-state index in [1.165, 1.54) is 0 Å². The predicted molar refractivity (Wildman–Crippen MR) is 90.7 cm³/mol. The van der Waals surface area contributed by atoms with Crippen LogP contribution in [0, 0.1) is 13.8 Å². The van der Waals surface area contributed by atoms with Crippen LogP contribution in [0.25, 0.3) is 0 Å². The number of quaternary nitrogens is 1. The minimum Gasteiger partial charge on any atom is -0.821 e. The van der Waals surface area contributed by atoms with E-state index in [0.29, 0.717) is 5.75 Å². The summed E-state index contributed by atoms with van der Waals surface area (Å²) in [7, 11) is 5.23. The van der Waals surface area contributed by atoms with Crippen LogP contribution in [0.5, 0.6) is 5.75 Å². The Morgan fingerprint density at radius 3 is 1.95 bits per heavy atom. The van der Waals surface area contributed by atoms with Gasteiger partial charge in [0.05, 0.1) is 28.2 Å². The van der Waals surface area contributed by atoms with Crippen LogP contribution in [0.1, 0.15) is 11.1 Å². The molecule has 1 aromatic carbocycles. The molecule has 0 aromatic heterocycles. The van der Waals surface area contributed by atoms with E-state index >= 15 is 0 Å². The van der Waals surface area contributed by atoms with Crippen LogP contribution in [0.2, 0.25) is 19.6 Å². The Balaban J connectivity index is 0.000000690. The molecule has 0 aliphatic carbocycles. The van der Waals surface area contributed by atoms with Gasteiger partial charge in [0.2, 0.25) is 0 Å². The molecule has 21 heavy (non-hydrogen) atoms. The van der Waals surface area contributed by atoms with Gasteiger partial charge in [0.25, 0.3) is 0 Å². The average molecular weight is 311 g/mol. The summed E-state index contributed by atoms with van der Waals surface area (Å²) in [5.41, 5.74) is 2.10. The highest BCUT2D eigenvalue weighted by Gasteiger charge is 2.18. The predicted octanol–water partition coefficient (Wildman–Crippen LogP) is 2.20. The zero-order chi connectivity index (χ0) is 16.8. The number of benzene rings is 1. The topological polar surface area (TPSA) is 41.5 Å². The van der Waals surface area contributed by atoms with Crippen molar-refractivity contribution in [3.05, 3.63) is 29.3 Å². The Hall–Kier alpha value is -0.818. The van der Waals surface area contributed by atoms with Gasteiger partial charge in [-0.05, 0) is 50.7 Å². The molecule has 0 aliphatic rings. The SMILES string of the molecule is C[N+](C)(C)C.Cc1cccc(OB([O-])O[Si](C)(C)C)c1C.